The third kappa shape index (κ3) is 4.89. The predicted octanol–water partition coefficient (Wildman–Crippen LogP) is 2.65. The van der Waals surface area contributed by atoms with Gasteiger partial charge in [0.1, 0.15) is 5.75 Å². The van der Waals surface area contributed by atoms with Crippen LogP contribution >= 0.6 is 11.6 Å². The minimum atomic E-state index is -0.666. The first-order valence-corrected chi connectivity index (χ1v) is 6.68. The molecule has 0 aliphatic carbocycles. The molecule has 1 unspecified atom stereocenters. The number of aromatic nitrogens is 1. The molecule has 6 heteroatoms. The maximum absolute atomic E-state index is 11.8. The Bertz CT molecular complexity index is 615. The second-order valence-electron chi connectivity index (χ2n) is 4.23. The highest BCUT2D eigenvalue weighted by molar-refractivity contribution is 6.30. The normalized spacial score (nSPS) is 12.1. The van der Waals surface area contributed by atoms with Crippen molar-refractivity contribution in [1.82, 2.24) is 10.4 Å². The van der Waals surface area contributed by atoms with Gasteiger partial charge in [-0.15, -0.1) is 0 Å². The standard InChI is InChI=1S/C15H14ClN3O2/c1-11(21-14-4-2-13(16)3-5-14)15(20)19-18-10-12-6-8-17-9-7-12/h2-11H,1H3,(H,19,20)/b18-10+. The maximum atomic E-state index is 11.8. The van der Waals surface area contributed by atoms with Crippen LogP contribution in [0.15, 0.2) is 53.9 Å². The van der Waals surface area contributed by atoms with Gasteiger partial charge in [0, 0.05) is 17.4 Å². The Balaban J connectivity index is 1.85. The Morgan fingerprint density at radius 1 is 1.29 bits per heavy atom. The van der Waals surface area contributed by atoms with Gasteiger partial charge in [-0.3, -0.25) is 9.78 Å². The Hall–Kier alpha value is -2.40. The van der Waals surface area contributed by atoms with E-state index in [-0.39, 0.29) is 5.91 Å². The van der Waals surface area contributed by atoms with Crippen LogP contribution in [0.4, 0.5) is 0 Å². The predicted molar refractivity (Wildman–Crippen MR) is 81.5 cm³/mol. The molecule has 1 aromatic carbocycles. The Kier molecular flexibility index (Phi) is 5.29. The first-order valence-electron chi connectivity index (χ1n) is 6.30. The Morgan fingerprint density at radius 2 is 1.95 bits per heavy atom. The highest BCUT2D eigenvalue weighted by atomic mass is 35.5. The fourth-order valence-electron chi connectivity index (χ4n) is 1.48. The number of benzene rings is 1. The van der Waals surface area contributed by atoms with Gasteiger partial charge in [0.2, 0.25) is 0 Å². The van der Waals surface area contributed by atoms with Crippen molar-refractivity contribution in [3.8, 4) is 5.75 Å². The largest absolute Gasteiger partial charge is 0.481 e. The number of hydrogen-bond acceptors (Lipinski definition) is 4. The molecule has 21 heavy (non-hydrogen) atoms. The molecule has 1 amide bonds. The van der Waals surface area contributed by atoms with E-state index in [0.29, 0.717) is 10.8 Å². The van der Waals surface area contributed by atoms with E-state index < -0.39 is 6.10 Å². The quantitative estimate of drug-likeness (QED) is 0.682. The van der Waals surface area contributed by atoms with Crippen LogP contribution in [0.3, 0.4) is 0 Å². The second-order valence-corrected chi connectivity index (χ2v) is 4.67. The van der Waals surface area contributed by atoms with Gasteiger partial charge in [0.15, 0.2) is 6.10 Å². The van der Waals surface area contributed by atoms with E-state index in [1.165, 1.54) is 6.21 Å². The minimum absolute atomic E-state index is 0.338. The Labute approximate surface area is 127 Å². The lowest BCUT2D eigenvalue weighted by atomic mass is 10.3. The van der Waals surface area contributed by atoms with Crippen molar-refractivity contribution >= 4 is 23.7 Å². The van der Waals surface area contributed by atoms with E-state index in [0.717, 1.165) is 5.56 Å². The number of nitrogens with zero attached hydrogens (tertiary/aromatic N) is 2. The maximum Gasteiger partial charge on any atom is 0.280 e. The summed E-state index contributed by atoms with van der Waals surface area (Å²) in [6.45, 7) is 1.64. The molecule has 2 aromatic rings. The molecule has 0 radical (unpaired) electrons. The van der Waals surface area contributed by atoms with Crippen LogP contribution in [-0.2, 0) is 4.79 Å². The van der Waals surface area contributed by atoms with Crippen molar-refractivity contribution in [1.29, 1.82) is 0 Å². The minimum Gasteiger partial charge on any atom is -0.481 e. The van der Waals surface area contributed by atoms with E-state index in [4.69, 9.17) is 16.3 Å². The van der Waals surface area contributed by atoms with Gasteiger partial charge in [-0.1, -0.05) is 11.6 Å². The highest BCUT2D eigenvalue weighted by Crippen LogP contribution is 2.16. The molecule has 5 nitrogen and oxygen atoms in total. The average molecular weight is 304 g/mol. The van der Waals surface area contributed by atoms with Gasteiger partial charge >= 0.3 is 0 Å². The number of hydrogen-bond donors (Lipinski definition) is 1. The molecule has 0 spiro atoms. The topological polar surface area (TPSA) is 63.6 Å². The number of pyridine rings is 1. The van der Waals surface area contributed by atoms with Crippen LogP contribution in [0.1, 0.15) is 12.5 Å². The van der Waals surface area contributed by atoms with Crippen LogP contribution in [0.25, 0.3) is 0 Å². The van der Waals surface area contributed by atoms with Crippen LogP contribution in [0.2, 0.25) is 5.02 Å². The van der Waals surface area contributed by atoms with Crippen molar-refractivity contribution in [3.63, 3.8) is 0 Å². The number of ether oxygens (including phenoxy) is 1. The van der Waals surface area contributed by atoms with E-state index in [9.17, 15) is 4.79 Å². The number of rotatable bonds is 5. The van der Waals surface area contributed by atoms with Gasteiger partial charge in [0.05, 0.1) is 6.21 Å². The summed E-state index contributed by atoms with van der Waals surface area (Å²) in [4.78, 5) is 15.7. The zero-order valence-corrected chi connectivity index (χ0v) is 12.1. The number of hydrazone groups is 1. The van der Waals surface area contributed by atoms with Crippen molar-refractivity contribution < 1.29 is 9.53 Å². The van der Waals surface area contributed by atoms with Gasteiger partial charge in [-0.05, 0) is 48.9 Å². The summed E-state index contributed by atoms with van der Waals surface area (Å²) >= 11 is 5.78. The lowest BCUT2D eigenvalue weighted by Gasteiger charge is -2.12. The number of carbonyl (C=O) groups is 1. The molecule has 0 aliphatic heterocycles. The lowest BCUT2D eigenvalue weighted by Crippen LogP contribution is -2.33. The van der Waals surface area contributed by atoms with Crippen LogP contribution < -0.4 is 10.2 Å². The summed E-state index contributed by atoms with van der Waals surface area (Å²) in [5, 5.41) is 4.48. The van der Waals surface area contributed by atoms with Crippen LogP contribution in [-0.4, -0.2) is 23.2 Å². The molecule has 108 valence electrons. The van der Waals surface area contributed by atoms with Gasteiger partial charge in [-0.25, -0.2) is 5.43 Å². The van der Waals surface area contributed by atoms with Gasteiger partial charge in [-0.2, -0.15) is 5.10 Å². The van der Waals surface area contributed by atoms with E-state index in [1.54, 1.807) is 55.7 Å². The number of nitrogens with one attached hydrogen (secondary N) is 1. The van der Waals surface area contributed by atoms with E-state index in [1.807, 2.05) is 0 Å². The summed E-state index contributed by atoms with van der Waals surface area (Å²) in [5.74, 6) is 0.232. The number of amides is 1. The summed E-state index contributed by atoms with van der Waals surface area (Å²) in [7, 11) is 0. The van der Waals surface area contributed by atoms with Gasteiger partial charge in [0.25, 0.3) is 5.91 Å². The molecule has 1 heterocycles. The molecule has 2 rings (SSSR count). The smallest absolute Gasteiger partial charge is 0.280 e. The third-order valence-electron chi connectivity index (χ3n) is 2.59. The van der Waals surface area contributed by atoms with E-state index >= 15 is 0 Å². The molecule has 0 aliphatic rings. The molecule has 0 bridgehead atoms. The van der Waals surface area contributed by atoms with E-state index in [2.05, 4.69) is 15.5 Å². The third-order valence-corrected chi connectivity index (χ3v) is 2.84. The number of carbonyl (C=O) groups excluding carboxylic acids is 1. The lowest BCUT2D eigenvalue weighted by molar-refractivity contribution is -0.127. The Morgan fingerprint density at radius 3 is 2.62 bits per heavy atom. The number of halogens is 1. The van der Waals surface area contributed by atoms with Crippen LogP contribution in [0, 0.1) is 0 Å². The van der Waals surface area contributed by atoms with Crippen molar-refractivity contribution in [3.05, 3.63) is 59.4 Å². The zero-order valence-electron chi connectivity index (χ0n) is 11.4. The second kappa shape index (κ2) is 7.40. The van der Waals surface area contributed by atoms with Crippen molar-refractivity contribution in [2.24, 2.45) is 5.10 Å². The molecular formula is C15H14ClN3O2. The SMILES string of the molecule is CC(Oc1ccc(Cl)cc1)C(=O)N/N=C/c1ccncc1. The highest BCUT2D eigenvalue weighted by Gasteiger charge is 2.13. The van der Waals surface area contributed by atoms with Crippen LogP contribution in [0.5, 0.6) is 5.75 Å². The fourth-order valence-corrected chi connectivity index (χ4v) is 1.61. The summed E-state index contributed by atoms with van der Waals surface area (Å²) in [6.07, 6.45) is 4.17. The molecular weight excluding hydrogens is 290 g/mol. The molecule has 0 saturated carbocycles. The first-order chi connectivity index (χ1) is 10.1. The first kappa shape index (κ1) is 15.0. The summed E-state index contributed by atoms with van der Waals surface area (Å²) < 4.78 is 5.48. The summed E-state index contributed by atoms with van der Waals surface area (Å²) in [6, 6.07) is 10.4. The fraction of sp³-hybridized carbons (Fsp3) is 0.133. The molecule has 0 saturated heterocycles. The molecule has 1 atom stereocenters. The van der Waals surface area contributed by atoms with Crippen molar-refractivity contribution in [2.75, 3.05) is 0 Å². The van der Waals surface area contributed by atoms with Gasteiger partial charge < -0.3 is 4.74 Å². The molecule has 1 N–H and O–H groups in total. The zero-order chi connectivity index (χ0) is 15.1. The summed E-state index contributed by atoms with van der Waals surface area (Å²) in [5.41, 5.74) is 3.27. The molecule has 1 aromatic heterocycles. The monoisotopic (exact) mass is 303 g/mol. The molecule has 0 fully saturated rings. The average Bonchev–Trinajstić information content (AvgIpc) is 2.50. The van der Waals surface area contributed by atoms with Crippen molar-refractivity contribution in [2.45, 2.75) is 13.0 Å².